The fourth-order valence-electron chi connectivity index (χ4n) is 4.42. The van der Waals surface area contributed by atoms with Crippen LogP contribution in [0.3, 0.4) is 0 Å². The number of benzene rings is 3. The Morgan fingerprint density at radius 3 is 2.75 bits per heavy atom. The topological polar surface area (TPSA) is 53.9 Å². The van der Waals surface area contributed by atoms with Crippen molar-refractivity contribution in [1.29, 1.82) is 0 Å². The lowest BCUT2D eigenvalue weighted by molar-refractivity contribution is -0.0949. The van der Waals surface area contributed by atoms with E-state index in [0.717, 1.165) is 55.7 Å². The van der Waals surface area contributed by atoms with Crippen LogP contribution in [0.5, 0.6) is 5.75 Å². The van der Waals surface area contributed by atoms with Gasteiger partial charge in [0.2, 0.25) is 0 Å². The molecule has 1 saturated heterocycles. The number of hydrogen-bond acceptors (Lipinski definition) is 5. The summed E-state index contributed by atoms with van der Waals surface area (Å²) in [6, 6.07) is 26.1. The number of nitrogens with one attached hydrogen (secondary N) is 1. The molecule has 32 heavy (non-hydrogen) atoms. The fraction of sp³-hybridized carbons (Fsp3) is 0.120. The number of amides is 1. The highest BCUT2D eigenvalue weighted by atomic mass is 79.9. The predicted molar refractivity (Wildman–Crippen MR) is 130 cm³/mol. The zero-order chi connectivity index (χ0) is 21.7. The van der Waals surface area contributed by atoms with Crippen LogP contribution in [-0.4, -0.2) is 21.8 Å². The van der Waals surface area contributed by atoms with Gasteiger partial charge in [0.05, 0.1) is 16.7 Å². The Morgan fingerprint density at radius 1 is 1.09 bits per heavy atom. The molecule has 0 bridgehead atoms. The lowest BCUT2D eigenvalue weighted by atomic mass is 9.95. The summed E-state index contributed by atoms with van der Waals surface area (Å²) >= 11 is 4.68. The maximum absolute atomic E-state index is 12.7. The molecule has 3 aliphatic rings. The van der Waals surface area contributed by atoms with Gasteiger partial charge in [0.25, 0.3) is 5.24 Å². The molecular weight excluding hydrogens is 486 g/mol. The number of para-hydroxylation sites is 1. The summed E-state index contributed by atoms with van der Waals surface area (Å²) in [5, 5.41) is 9.85. The molecule has 0 unspecified atom stereocenters. The van der Waals surface area contributed by atoms with E-state index in [4.69, 9.17) is 9.84 Å². The van der Waals surface area contributed by atoms with Crippen molar-refractivity contribution in [2.24, 2.45) is 5.10 Å². The number of fused-ring (bicyclic) bond motifs is 4. The van der Waals surface area contributed by atoms with Gasteiger partial charge in [0.15, 0.2) is 0 Å². The van der Waals surface area contributed by atoms with Crippen LogP contribution in [-0.2, 0) is 0 Å². The lowest BCUT2D eigenvalue weighted by Gasteiger charge is -2.45. The first kappa shape index (κ1) is 19.6. The molecule has 3 aromatic rings. The van der Waals surface area contributed by atoms with E-state index in [-0.39, 0.29) is 11.3 Å². The number of thioether (sulfide) groups is 1. The Hall–Kier alpha value is -3.03. The highest BCUT2D eigenvalue weighted by Gasteiger charge is 2.58. The molecule has 158 valence electrons. The Labute approximate surface area is 198 Å². The van der Waals surface area contributed by atoms with Gasteiger partial charge >= 0.3 is 5.85 Å². The highest BCUT2D eigenvalue weighted by molar-refractivity contribution is 9.10. The van der Waals surface area contributed by atoms with Crippen molar-refractivity contribution >= 4 is 44.7 Å². The van der Waals surface area contributed by atoms with Crippen molar-refractivity contribution in [2.75, 3.05) is 0 Å². The number of hydrogen-bond donors (Lipinski definition) is 1. The van der Waals surface area contributed by atoms with E-state index in [1.165, 1.54) is 0 Å². The largest absolute Gasteiger partial charge is 0.444 e. The molecule has 7 heteroatoms. The van der Waals surface area contributed by atoms with Gasteiger partial charge in [-0.1, -0.05) is 76.6 Å². The van der Waals surface area contributed by atoms with Crippen LogP contribution in [0.1, 0.15) is 29.2 Å². The summed E-state index contributed by atoms with van der Waals surface area (Å²) in [6.45, 7) is 0. The van der Waals surface area contributed by atoms with Crippen LogP contribution in [0, 0.1) is 0 Å². The Kier molecular flexibility index (Phi) is 4.62. The minimum absolute atomic E-state index is 0.0416. The van der Waals surface area contributed by atoms with Crippen molar-refractivity contribution in [3.05, 3.63) is 105 Å². The van der Waals surface area contributed by atoms with Crippen molar-refractivity contribution in [3.63, 3.8) is 0 Å². The summed E-state index contributed by atoms with van der Waals surface area (Å²) < 4.78 is 7.52. The van der Waals surface area contributed by atoms with E-state index in [9.17, 15) is 4.79 Å². The molecule has 1 N–H and O–H groups in total. The molecule has 0 radical (unpaired) electrons. The van der Waals surface area contributed by atoms with Gasteiger partial charge in [-0.15, -0.1) is 0 Å². The van der Waals surface area contributed by atoms with Gasteiger partial charge in [-0.05, 0) is 47.2 Å². The molecule has 3 aromatic carbocycles. The Morgan fingerprint density at radius 2 is 1.91 bits per heavy atom. The van der Waals surface area contributed by atoms with Crippen molar-refractivity contribution in [3.8, 4) is 5.75 Å². The van der Waals surface area contributed by atoms with Crippen molar-refractivity contribution in [2.45, 2.75) is 18.3 Å². The zero-order valence-electron chi connectivity index (χ0n) is 16.9. The third-order valence-electron chi connectivity index (χ3n) is 5.83. The first-order valence-corrected chi connectivity index (χ1v) is 11.9. The van der Waals surface area contributed by atoms with Crippen LogP contribution in [0.4, 0.5) is 4.79 Å². The van der Waals surface area contributed by atoms with Crippen molar-refractivity contribution in [1.82, 2.24) is 10.3 Å². The number of ether oxygens (including phenoxy) is 1. The van der Waals surface area contributed by atoms with Crippen molar-refractivity contribution < 1.29 is 9.53 Å². The molecule has 1 spiro atoms. The van der Waals surface area contributed by atoms with E-state index in [0.29, 0.717) is 0 Å². The molecule has 1 amide bonds. The highest BCUT2D eigenvalue weighted by Crippen LogP contribution is 2.52. The first-order chi connectivity index (χ1) is 15.6. The second kappa shape index (κ2) is 7.53. The monoisotopic (exact) mass is 503 g/mol. The van der Waals surface area contributed by atoms with Gasteiger partial charge in [-0.2, -0.15) is 5.10 Å². The minimum atomic E-state index is -1.18. The third kappa shape index (κ3) is 3.15. The summed E-state index contributed by atoms with van der Waals surface area (Å²) in [6.07, 6.45) is 2.73. The quantitative estimate of drug-likeness (QED) is 0.455. The molecule has 0 aromatic heterocycles. The van der Waals surface area contributed by atoms with E-state index in [1.54, 1.807) is 0 Å². The average Bonchev–Trinajstić information content (AvgIpc) is 3.38. The van der Waals surface area contributed by atoms with Crippen LogP contribution >= 0.6 is 27.7 Å². The van der Waals surface area contributed by atoms with Crippen LogP contribution in [0.25, 0.3) is 6.08 Å². The molecule has 1 fully saturated rings. The molecule has 6 rings (SSSR count). The molecule has 0 saturated carbocycles. The number of nitrogens with zero attached hydrogens (tertiary/aromatic N) is 2. The van der Waals surface area contributed by atoms with Crippen LogP contribution < -0.4 is 10.1 Å². The lowest BCUT2D eigenvalue weighted by Crippen LogP contribution is -2.61. The second-order valence-electron chi connectivity index (χ2n) is 7.84. The van der Waals surface area contributed by atoms with E-state index in [1.807, 2.05) is 71.7 Å². The fourth-order valence-corrected chi connectivity index (χ4v) is 5.74. The molecule has 0 aliphatic carbocycles. The maximum atomic E-state index is 12.7. The minimum Gasteiger partial charge on any atom is -0.444 e. The number of rotatable bonds is 2. The smallest absolute Gasteiger partial charge is 0.314 e. The van der Waals surface area contributed by atoms with Gasteiger partial charge in [0, 0.05) is 16.5 Å². The molecule has 2 atom stereocenters. The number of halogens is 1. The van der Waals surface area contributed by atoms with Gasteiger partial charge in [-0.3, -0.25) is 10.1 Å². The van der Waals surface area contributed by atoms with E-state index >= 15 is 0 Å². The normalized spacial score (nSPS) is 24.7. The van der Waals surface area contributed by atoms with Gasteiger partial charge in [-0.25, -0.2) is 5.01 Å². The Bertz CT molecular complexity index is 1290. The second-order valence-corrected chi connectivity index (χ2v) is 9.77. The Balaban J connectivity index is 1.52. The predicted octanol–water partition coefficient (Wildman–Crippen LogP) is 6.14. The van der Waals surface area contributed by atoms with Crippen LogP contribution in [0.15, 0.2) is 93.3 Å². The standard InChI is InChI=1S/C25H18BrN3O2S/c26-18-10-6-7-16(13-18)14-23-25(27-24(30)32-23)29-21(19-11-4-5-12-22(19)31-25)15-20(28-29)17-8-2-1-3-9-17/h1-14,21H,15H2,(H,27,30)/b23-14-/t21-,25-/m1/s1. The summed E-state index contributed by atoms with van der Waals surface area (Å²) in [5.74, 6) is -0.416. The molecule has 3 aliphatic heterocycles. The van der Waals surface area contributed by atoms with Gasteiger partial charge in [0.1, 0.15) is 5.75 Å². The summed E-state index contributed by atoms with van der Waals surface area (Å²) in [4.78, 5) is 13.4. The number of carbonyl (C=O) groups is 1. The molecule has 3 heterocycles. The van der Waals surface area contributed by atoms with E-state index in [2.05, 4.69) is 39.4 Å². The third-order valence-corrected chi connectivity index (χ3v) is 7.23. The zero-order valence-corrected chi connectivity index (χ0v) is 19.3. The first-order valence-electron chi connectivity index (χ1n) is 10.3. The molecule has 5 nitrogen and oxygen atoms in total. The van der Waals surface area contributed by atoms with Crippen LogP contribution in [0.2, 0.25) is 0 Å². The number of hydrazone groups is 1. The average molecular weight is 504 g/mol. The number of carbonyl (C=O) groups excluding carboxylic acids is 1. The van der Waals surface area contributed by atoms with Gasteiger partial charge < -0.3 is 4.74 Å². The SMILES string of the molecule is O=C1N[C@]2(Oc3ccccc3[C@H]3CC(c4ccccc4)=NN32)/C(=C/c2cccc(Br)c2)S1. The van der Waals surface area contributed by atoms with E-state index < -0.39 is 5.85 Å². The molecular formula is C25H18BrN3O2S. The summed E-state index contributed by atoms with van der Waals surface area (Å²) in [7, 11) is 0. The summed E-state index contributed by atoms with van der Waals surface area (Å²) in [5.41, 5.74) is 4.09. The maximum Gasteiger partial charge on any atom is 0.314 e.